The molecular formula is C27H28. The highest BCUT2D eigenvalue weighted by Crippen LogP contribution is 2.17. The maximum Gasteiger partial charge on any atom is -0.00882 e. The van der Waals surface area contributed by atoms with Crippen molar-refractivity contribution >= 4 is 17.7 Å². The van der Waals surface area contributed by atoms with Gasteiger partial charge in [-0.1, -0.05) is 116 Å². The summed E-state index contributed by atoms with van der Waals surface area (Å²) >= 11 is 0. The van der Waals surface area contributed by atoms with Crippen molar-refractivity contribution in [2.75, 3.05) is 0 Å². The van der Waals surface area contributed by atoms with Crippen LogP contribution in [0, 0.1) is 6.92 Å². The highest BCUT2D eigenvalue weighted by Gasteiger charge is 2.00. The highest BCUT2D eigenvalue weighted by atomic mass is 14.0. The number of fused-ring (bicyclic) bond motifs is 1. The Bertz CT molecular complexity index is 892. The van der Waals surface area contributed by atoms with E-state index in [-0.39, 0.29) is 0 Å². The van der Waals surface area contributed by atoms with E-state index in [1.807, 2.05) is 43.3 Å². The van der Waals surface area contributed by atoms with Gasteiger partial charge in [-0.3, -0.25) is 0 Å². The van der Waals surface area contributed by atoms with Crippen molar-refractivity contribution < 1.29 is 0 Å². The number of aryl methyl sites for hydroxylation is 1. The minimum absolute atomic E-state index is 1.12. The van der Waals surface area contributed by atoms with Crippen molar-refractivity contribution in [1.82, 2.24) is 0 Å². The molecule has 0 saturated carbocycles. The summed E-state index contributed by atoms with van der Waals surface area (Å²) in [5, 5.41) is 0. The maximum absolute atomic E-state index is 3.83. The Labute approximate surface area is 164 Å². The monoisotopic (exact) mass is 352 g/mol. The first-order valence-corrected chi connectivity index (χ1v) is 9.25. The zero-order chi connectivity index (χ0) is 19.5. The van der Waals surface area contributed by atoms with Crippen LogP contribution in [0.4, 0.5) is 0 Å². The molecule has 0 aliphatic heterocycles. The predicted molar refractivity (Wildman–Crippen MR) is 122 cm³/mol. The Morgan fingerprint density at radius 3 is 2.04 bits per heavy atom. The van der Waals surface area contributed by atoms with E-state index in [1.54, 1.807) is 0 Å². The summed E-state index contributed by atoms with van der Waals surface area (Å²) in [6.45, 7) is 11.6. The van der Waals surface area contributed by atoms with E-state index in [1.165, 1.54) is 27.8 Å². The van der Waals surface area contributed by atoms with Crippen LogP contribution < -0.4 is 0 Å². The van der Waals surface area contributed by atoms with Gasteiger partial charge in [-0.25, -0.2) is 0 Å². The Morgan fingerprint density at radius 2 is 1.48 bits per heavy atom. The van der Waals surface area contributed by atoms with Gasteiger partial charge in [0.1, 0.15) is 0 Å². The lowest BCUT2D eigenvalue weighted by atomic mass is 10.1. The van der Waals surface area contributed by atoms with Crippen LogP contribution in [0.1, 0.15) is 34.7 Å². The highest BCUT2D eigenvalue weighted by molar-refractivity contribution is 5.61. The van der Waals surface area contributed by atoms with E-state index in [2.05, 4.69) is 80.8 Å². The molecule has 0 spiro atoms. The van der Waals surface area contributed by atoms with Gasteiger partial charge >= 0.3 is 0 Å². The number of hydrogen-bond donors (Lipinski definition) is 0. The van der Waals surface area contributed by atoms with Gasteiger partial charge in [0.05, 0.1) is 0 Å². The van der Waals surface area contributed by atoms with Gasteiger partial charge in [-0.05, 0) is 48.1 Å². The van der Waals surface area contributed by atoms with Crippen molar-refractivity contribution in [1.29, 1.82) is 0 Å². The van der Waals surface area contributed by atoms with Crippen molar-refractivity contribution in [3.05, 3.63) is 126 Å². The SMILES string of the molecule is C1=Cc2ccccc2C1.C=C(C)c1ccccc1.C=Cc1ccccc1C. The number of allylic oxidation sites excluding steroid dienone is 2. The zero-order valence-corrected chi connectivity index (χ0v) is 16.4. The van der Waals surface area contributed by atoms with Crippen LogP contribution in [-0.4, -0.2) is 0 Å². The summed E-state index contributed by atoms with van der Waals surface area (Å²) in [5.74, 6) is 0. The van der Waals surface area contributed by atoms with Crippen LogP contribution in [-0.2, 0) is 6.42 Å². The van der Waals surface area contributed by atoms with Gasteiger partial charge < -0.3 is 0 Å². The molecule has 0 saturated heterocycles. The third-order valence-corrected chi connectivity index (χ3v) is 4.37. The molecule has 4 rings (SSSR count). The van der Waals surface area contributed by atoms with Gasteiger partial charge in [0.2, 0.25) is 0 Å². The lowest BCUT2D eigenvalue weighted by Crippen LogP contribution is -1.76. The summed E-state index contributed by atoms with van der Waals surface area (Å²) in [6.07, 6.45) is 7.37. The fourth-order valence-corrected chi connectivity index (χ4v) is 2.73. The molecule has 1 aliphatic rings. The Balaban J connectivity index is 0.000000145. The second-order valence-corrected chi connectivity index (χ2v) is 6.51. The molecule has 136 valence electrons. The van der Waals surface area contributed by atoms with E-state index in [0.717, 1.165) is 12.0 Å². The molecule has 0 bridgehead atoms. The van der Waals surface area contributed by atoms with Gasteiger partial charge in [0.25, 0.3) is 0 Å². The van der Waals surface area contributed by atoms with Crippen LogP contribution >= 0.6 is 0 Å². The summed E-state index contributed by atoms with van der Waals surface area (Å²) in [6, 6.07) is 26.8. The van der Waals surface area contributed by atoms with Crippen LogP contribution in [0.15, 0.2) is 98.1 Å². The standard InChI is InChI=1S/C9H8.2C9H10/c1-2-5-9-7-3-6-8(9)4-1;1-8(2)9-6-4-3-5-7-9;1-3-9-7-5-4-6-8(9)2/h1-6H,7H2;2*3-7H,1H2,2H3. The fourth-order valence-electron chi connectivity index (χ4n) is 2.73. The average Bonchev–Trinajstić information content (AvgIpc) is 3.19. The lowest BCUT2D eigenvalue weighted by Gasteiger charge is -1.95. The van der Waals surface area contributed by atoms with E-state index in [9.17, 15) is 0 Å². The van der Waals surface area contributed by atoms with E-state index in [0.29, 0.717) is 0 Å². The maximum atomic E-state index is 3.83. The minimum atomic E-state index is 1.12. The molecule has 0 unspecified atom stereocenters. The third-order valence-electron chi connectivity index (χ3n) is 4.37. The van der Waals surface area contributed by atoms with Gasteiger partial charge in [-0.2, -0.15) is 0 Å². The summed E-state index contributed by atoms with van der Waals surface area (Å²) in [4.78, 5) is 0. The average molecular weight is 353 g/mol. The molecule has 0 fully saturated rings. The zero-order valence-electron chi connectivity index (χ0n) is 16.4. The topological polar surface area (TPSA) is 0 Å². The van der Waals surface area contributed by atoms with Crippen molar-refractivity contribution in [3.8, 4) is 0 Å². The van der Waals surface area contributed by atoms with Crippen molar-refractivity contribution in [2.24, 2.45) is 0 Å². The van der Waals surface area contributed by atoms with Crippen LogP contribution in [0.3, 0.4) is 0 Å². The van der Waals surface area contributed by atoms with Crippen LogP contribution in [0.25, 0.3) is 17.7 Å². The Hall–Kier alpha value is -3.12. The summed E-state index contributed by atoms with van der Waals surface area (Å²) in [5.41, 5.74) is 7.69. The van der Waals surface area contributed by atoms with Crippen molar-refractivity contribution in [3.63, 3.8) is 0 Å². The molecule has 0 amide bonds. The first-order chi connectivity index (χ1) is 13.1. The largest absolute Gasteiger partial charge is 0.0985 e. The molecular weight excluding hydrogens is 324 g/mol. The number of rotatable bonds is 2. The van der Waals surface area contributed by atoms with Gasteiger partial charge in [-0.15, -0.1) is 0 Å². The molecule has 3 aromatic carbocycles. The van der Waals surface area contributed by atoms with E-state index < -0.39 is 0 Å². The summed E-state index contributed by atoms with van der Waals surface area (Å²) < 4.78 is 0. The molecule has 0 aromatic heterocycles. The van der Waals surface area contributed by atoms with Gasteiger partial charge in [0, 0.05) is 0 Å². The molecule has 0 heteroatoms. The molecule has 0 heterocycles. The predicted octanol–water partition coefficient (Wildman–Crippen LogP) is 7.61. The minimum Gasteiger partial charge on any atom is -0.0985 e. The molecule has 0 radical (unpaired) electrons. The first kappa shape index (κ1) is 20.2. The lowest BCUT2D eigenvalue weighted by molar-refractivity contribution is 1.31. The molecule has 1 aliphatic carbocycles. The fraction of sp³-hybridized carbons (Fsp3) is 0.111. The molecule has 0 N–H and O–H groups in total. The summed E-state index contributed by atoms with van der Waals surface area (Å²) in [7, 11) is 0. The number of benzene rings is 3. The molecule has 0 atom stereocenters. The van der Waals surface area contributed by atoms with Crippen LogP contribution in [0.2, 0.25) is 0 Å². The van der Waals surface area contributed by atoms with E-state index in [4.69, 9.17) is 0 Å². The smallest absolute Gasteiger partial charge is 0.00882 e. The second-order valence-electron chi connectivity index (χ2n) is 6.51. The second kappa shape index (κ2) is 10.8. The Morgan fingerprint density at radius 1 is 0.852 bits per heavy atom. The van der Waals surface area contributed by atoms with Gasteiger partial charge in [0.15, 0.2) is 0 Å². The quantitative estimate of drug-likeness (QED) is 0.445. The van der Waals surface area contributed by atoms with E-state index >= 15 is 0 Å². The number of hydrogen-bond acceptors (Lipinski definition) is 0. The third kappa shape index (κ3) is 6.60. The first-order valence-electron chi connectivity index (χ1n) is 9.25. The molecule has 3 aromatic rings. The Kier molecular flexibility index (Phi) is 8.06. The molecule has 0 nitrogen and oxygen atoms in total. The normalized spacial score (nSPS) is 10.6. The van der Waals surface area contributed by atoms with Crippen molar-refractivity contribution in [2.45, 2.75) is 20.3 Å². The van der Waals surface area contributed by atoms with Crippen LogP contribution in [0.5, 0.6) is 0 Å². The molecule has 27 heavy (non-hydrogen) atoms.